The number of amides is 1. The number of aromatic nitrogens is 2. The maximum absolute atomic E-state index is 13.7. The topological polar surface area (TPSA) is 58.6 Å². The highest BCUT2D eigenvalue weighted by Crippen LogP contribution is 2.37. The largest absolute Gasteiger partial charge is 0.381 e. The van der Waals surface area contributed by atoms with Crippen molar-refractivity contribution >= 4 is 11.7 Å². The first kappa shape index (κ1) is 18.6. The molecule has 0 atom stereocenters. The molecule has 0 saturated carbocycles. The summed E-state index contributed by atoms with van der Waals surface area (Å²) >= 11 is 0. The van der Waals surface area contributed by atoms with Gasteiger partial charge in [0.1, 0.15) is 0 Å². The first-order chi connectivity index (χ1) is 14.3. The number of hydrogen-bond acceptors (Lipinski definition) is 5. The van der Waals surface area contributed by atoms with Crippen molar-refractivity contribution in [2.45, 2.75) is 37.5 Å². The summed E-state index contributed by atoms with van der Waals surface area (Å²) in [6.45, 7) is 4.36. The third-order valence-electron chi connectivity index (χ3n) is 6.78. The van der Waals surface area contributed by atoms with E-state index in [1.807, 2.05) is 18.2 Å². The summed E-state index contributed by atoms with van der Waals surface area (Å²) in [4.78, 5) is 18.0. The van der Waals surface area contributed by atoms with Crippen molar-refractivity contribution in [3.8, 4) is 0 Å². The highest BCUT2D eigenvalue weighted by molar-refractivity contribution is 5.88. The van der Waals surface area contributed by atoms with Gasteiger partial charge >= 0.3 is 0 Å². The molecule has 0 spiro atoms. The lowest BCUT2D eigenvalue weighted by Crippen LogP contribution is -2.56. The third kappa shape index (κ3) is 3.39. The molecule has 2 fully saturated rings. The Hall–Kier alpha value is -2.47. The van der Waals surface area contributed by atoms with Crippen molar-refractivity contribution in [2.75, 3.05) is 44.3 Å². The van der Waals surface area contributed by atoms with Gasteiger partial charge < -0.3 is 14.5 Å². The van der Waals surface area contributed by atoms with E-state index in [4.69, 9.17) is 4.74 Å². The number of hydrogen-bond donors (Lipinski definition) is 0. The van der Waals surface area contributed by atoms with Crippen LogP contribution in [0.15, 0.2) is 36.4 Å². The van der Waals surface area contributed by atoms with Gasteiger partial charge in [0.2, 0.25) is 5.91 Å². The van der Waals surface area contributed by atoms with Crippen LogP contribution in [0.25, 0.3) is 0 Å². The predicted octanol–water partition coefficient (Wildman–Crippen LogP) is 2.36. The van der Waals surface area contributed by atoms with E-state index in [1.165, 1.54) is 12.0 Å². The van der Waals surface area contributed by atoms with Crippen LogP contribution in [0.3, 0.4) is 0 Å². The molecule has 6 nitrogen and oxygen atoms in total. The number of anilines is 1. The molecule has 6 heteroatoms. The molecule has 1 amide bonds. The summed E-state index contributed by atoms with van der Waals surface area (Å²) in [7, 11) is 0. The van der Waals surface area contributed by atoms with Gasteiger partial charge in [-0.3, -0.25) is 4.79 Å². The second-order valence-corrected chi connectivity index (χ2v) is 8.37. The fourth-order valence-corrected chi connectivity index (χ4v) is 5.02. The molecule has 3 aliphatic rings. The van der Waals surface area contributed by atoms with Crippen molar-refractivity contribution in [3.63, 3.8) is 0 Å². The summed E-state index contributed by atoms with van der Waals surface area (Å²) in [5.74, 6) is 1.22. The highest BCUT2D eigenvalue weighted by Gasteiger charge is 2.44. The van der Waals surface area contributed by atoms with E-state index in [9.17, 15) is 4.79 Å². The molecule has 2 aromatic rings. The minimum atomic E-state index is -0.449. The normalized spacial score (nSPS) is 21.1. The van der Waals surface area contributed by atoms with E-state index in [-0.39, 0.29) is 5.91 Å². The summed E-state index contributed by atoms with van der Waals surface area (Å²) < 4.78 is 5.60. The quantitative estimate of drug-likeness (QED) is 0.803. The van der Waals surface area contributed by atoms with Crippen LogP contribution in [-0.4, -0.2) is 60.4 Å². The lowest BCUT2D eigenvalue weighted by atomic mass is 9.73. The molecule has 0 N–H and O–H groups in total. The Morgan fingerprint density at radius 3 is 2.48 bits per heavy atom. The van der Waals surface area contributed by atoms with E-state index < -0.39 is 5.41 Å². The van der Waals surface area contributed by atoms with Crippen LogP contribution < -0.4 is 4.90 Å². The number of carbonyl (C=O) groups excluding carboxylic acids is 1. The number of carbonyl (C=O) groups is 1. The molecule has 5 rings (SSSR count). The molecular weight excluding hydrogens is 364 g/mol. The van der Waals surface area contributed by atoms with E-state index >= 15 is 0 Å². The van der Waals surface area contributed by atoms with Crippen LogP contribution in [0.2, 0.25) is 0 Å². The smallest absolute Gasteiger partial charge is 0.233 e. The van der Waals surface area contributed by atoms with E-state index in [1.54, 1.807) is 0 Å². The molecule has 3 heterocycles. The first-order valence-electron chi connectivity index (χ1n) is 10.8. The SMILES string of the molecule is O=C(N1CCN(c2cc3c(nn2)CCC3)CC1)C1(c2ccccc2)CCOCC1. The van der Waals surface area contributed by atoms with Crippen molar-refractivity contribution in [2.24, 2.45) is 0 Å². The minimum absolute atomic E-state index is 0.256. The zero-order valence-electron chi connectivity index (χ0n) is 16.8. The van der Waals surface area contributed by atoms with Crippen molar-refractivity contribution in [1.29, 1.82) is 0 Å². The number of piperazine rings is 1. The summed E-state index contributed by atoms with van der Waals surface area (Å²) in [6.07, 6.45) is 4.86. The predicted molar refractivity (Wildman–Crippen MR) is 111 cm³/mol. The number of fused-ring (bicyclic) bond motifs is 1. The van der Waals surface area contributed by atoms with E-state index in [0.717, 1.165) is 68.9 Å². The van der Waals surface area contributed by atoms with Gasteiger partial charge in [0.15, 0.2) is 5.82 Å². The Morgan fingerprint density at radius 1 is 0.966 bits per heavy atom. The van der Waals surface area contributed by atoms with Gasteiger partial charge in [0.25, 0.3) is 0 Å². The summed E-state index contributed by atoms with van der Waals surface area (Å²) in [5.41, 5.74) is 3.18. The van der Waals surface area contributed by atoms with Gasteiger partial charge in [-0.1, -0.05) is 30.3 Å². The third-order valence-corrected chi connectivity index (χ3v) is 6.78. The van der Waals surface area contributed by atoms with Crippen LogP contribution in [0.1, 0.15) is 36.1 Å². The molecule has 2 saturated heterocycles. The van der Waals surface area contributed by atoms with Gasteiger partial charge in [-0.15, -0.1) is 5.10 Å². The lowest BCUT2D eigenvalue weighted by molar-refractivity contribution is -0.141. The number of ether oxygens (including phenoxy) is 1. The Labute approximate surface area is 171 Å². The molecule has 0 unspecified atom stereocenters. The van der Waals surface area contributed by atoms with Gasteiger partial charge in [0.05, 0.1) is 11.1 Å². The zero-order valence-corrected chi connectivity index (χ0v) is 16.8. The van der Waals surface area contributed by atoms with E-state index in [0.29, 0.717) is 13.2 Å². The Morgan fingerprint density at radius 2 is 1.72 bits per heavy atom. The first-order valence-corrected chi connectivity index (χ1v) is 10.8. The average Bonchev–Trinajstić information content (AvgIpc) is 3.28. The Kier molecular flexibility index (Phi) is 4.96. The second kappa shape index (κ2) is 7.75. The standard InChI is InChI=1S/C23H28N4O2/c28-22(23(9-15-29-16-10-23)19-6-2-1-3-7-19)27-13-11-26(12-14-27)21-17-18-5-4-8-20(18)24-25-21/h1-3,6-7,17H,4-5,8-16H2. The molecule has 0 bridgehead atoms. The molecule has 1 aromatic carbocycles. The van der Waals surface area contributed by atoms with Crippen LogP contribution in [0, 0.1) is 0 Å². The van der Waals surface area contributed by atoms with Crippen molar-refractivity contribution in [1.82, 2.24) is 15.1 Å². The van der Waals surface area contributed by atoms with Gasteiger partial charge in [-0.2, -0.15) is 5.10 Å². The Bertz CT molecular complexity index is 872. The van der Waals surface area contributed by atoms with Crippen LogP contribution in [0.5, 0.6) is 0 Å². The van der Waals surface area contributed by atoms with E-state index in [2.05, 4.69) is 38.2 Å². The van der Waals surface area contributed by atoms with Gasteiger partial charge in [-0.05, 0) is 49.3 Å². The monoisotopic (exact) mass is 392 g/mol. The molecule has 2 aliphatic heterocycles. The number of rotatable bonds is 3. The fourth-order valence-electron chi connectivity index (χ4n) is 5.02. The molecular formula is C23H28N4O2. The maximum Gasteiger partial charge on any atom is 0.233 e. The minimum Gasteiger partial charge on any atom is -0.381 e. The summed E-state index contributed by atoms with van der Waals surface area (Å²) in [5, 5.41) is 8.88. The van der Waals surface area contributed by atoms with Crippen molar-refractivity contribution in [3.05, 3.63) is 53.2 Å². The maximum atomic E-state index is 13.7. The molecule has 1 aromatic heterocycles. The molecule has 29 heavy (non-hydrogen) atoms. The van der Waals surface area contributed by atoms with Crippen LogP contribution >= 0.6 is 0 Å². The molecule has 1 aliphatic carbocycles. The number of nitrogens with zero attached hydrogens (tertiary/aromatic N) is 4. The molecule has 152 valence electrons. The van der Waals surface area contributed by atoms with Crippen LogP contribution in [0.4, 0.5) is 5.82 Å². The lowest BCUT2D eigenvalue weighted by Gasteiger charge is -2.43. The Balaban J connectivity index is 1.31. The molecule has 0 radical (unpaired) electrons. The fraction of sp³-hybridized carbons (Fsp3) is 0.522. The number of aryl methyl sites for hydroxylation is 2. The van der Waals surface area contributed by atoms with Crippen LogP contribution in [-0.2, 0) is 27.8 Å². The zero-order chi connectivity index (χ0) is 19.7. The van der Waals surface area contributed by atoms with Crippen molar-refractivity contribution < 1.29 is 9.53 Å². The van der Waals surface area contributed by atoms with Gasteiger partial charge in [0, 0.05) is 39.4 Å². The van der Waals surface area contributed by atoms with Gasteiger partial charge in [-0.25, -0.2) is 0 Å². The second-order valence-electron chi connectivity index (χ2n) is 8.37. The summed E-state index contributed by atoms with van der Waals surface area (Å²) in [6, 6.07) is 12.5. The highest BCUT2D eigenvalue weighted by atomic mass is 16.5. The average molecular weight is 393 g/mol. The number of benzene rings is 1.